The fourth-order valence-corrected chi connectivity index (χ4v) is 4.08. The maximum Gasteiger partial charge on any atom is 0.00696 e. The first-order valence-electron chi connectivity index (χ1n) is 8.13. The van der Waals surface area contributed by atoms with Crippen LogP contribution in [0.2, 0.25) is 0 Å². The minimum absolute atomic E-state index is 0.829. The molecule has 2 fully saturated rings. The fourth-order valence-electron chi connectivity index (χ4n) is 4.08. The Morgan fingerprint density at radius 3 is 2.06 bits per heavy atom. The Morgan fingerprint density at radius 2 is 1.35 bits per heavy atom. The van der Waals surface area contributed by atoms with Crippen LogP contribution in [0.1, 0.15) is 77.6 Å². The molecule has 0 aliphatic heterocycles. The maximum absolute atomic E-state index is 3.71. The van der Waals surface area contributed by atoms with Gasteiger partial charge < -0.3 is 5.32 Å². The third kappa shape index (κ3) is 4.28. The molecule has 0 aromatic carbocycles. The number of nitrogens with one attached hydrogen (secondary N) is 1. The van der Waals surface area contributed by atoms with Crippen molar-refractivity contribution in [3.05, 3.63) is 0 Å². The molecule has 2 atom stereocenters. The van der Waals surface area contributed by atoms with Crippen LogP contribution in [0.4, 0.5) is 0 Å². The van der Waals surface area contributed by atoms with E-state index in [0.29, 0.717) is 0 Å². The van der Waals surface area contributed by atoms with Gasteiger partial charge in [-0.1, -0.05) is 64.7 Å². The van der Waals surface area contributed by atoms with Crippen molar-refractivity contribution in [3.63, 3.8) is 0 Å². The SMILES string of the molecule is CCNC1CCCCC(C2CCCCCC2)C1. The Bertz CT molecular complexity index is 194. The first-order chi connectivity index (χ1) is 8.40. The predicted octanol–water partition coefficient (Wildman–Crippen LogP) is 4.52. The molecule has 0 spiro atoms. The molecule has 2 saturated carbocycles. The Labute approximate surface area is 108 Å². The van der Waals surface area contributed by atoms with E-state index in [1.54, 1.807) is 0 Å². The minimum atomic E-state index is 0.829. The predicted molar refractivity (Wildman–Crippen MR) is 75.2 cm³/mol. The molecule has 2 aliphatic carbocycles. The van der Waals surface area contributed by atoms with Crippen LogP contribution in [0.5, 0.6) is 0 Å². The van der Waals surface area contributed by atoms with E-state index < -0.39 is 0 Å². The third-order valence-corrected chi connectivity index (χ3v) is 5.02. The lowest BCUT2D eigenvalue weighted by Gasteiger charge is -2.28. The van der Waals surface area contributed by atoms with E-state index in [9.17, 15) is 0 Å². The normalized spacial score (nSPS) is 33.0. The summed E-state index contributed by atoms with van der Waals surface area (Å²) in [6, 6.07) is 0.829. The summed E-state index contributed by atoms with van der Waals surface area (Å²) in [5, 5.41) is 3.71. The van der Waals surface area contributed by atoms with Gasteiger partial charge in [0.15, 0.2) is 0 Å². The van der Waals surface area contributed by atoms with Gasteiger partial charge in [-0.2, -0.15) is 0 Å². The van der Waals surface area contributed by atoms with Gasteiger partial charge in [-0.05, 0) is 31.2 Å². The van der Waals surface area contributed by atoms with Crippen molar-refractivity contribution in [2.24, 2.45) is 11.8 Å². The molecule has 0 aromatic heterocycles. The summed E-state index contributed by atoms with van der Waals surface area (Å²) in [5.74, 6) is 2.11. The number of hydrogen-bond acceptors (Lipinski definition) is 1. The van der Waals surface area contributed by atoms with E-state index in [-0.39, 0.29) is 0 Å². The highest BCUT2D eigenvalue weighted by Crippen LogP contribution is 2.36. The fraction of sp³-hybridized carbons (Fsp3) is 1.00. The van der Waals surface area contributed by atoms with Gasteiger partial charge in [0.1, 0.15) is 0 Å². The molecule has 0 saturated heterocycles. The Hall–Kier alpha value is -0.0400. The Morgan fingerprint density at radius 1 is 0.765 bits per heavy atom. The molecule has 0 heterocycles. The lowest BCUT2D eigenvalue weighted by molar-refractivity contribution is 0.251. The van der Waals surface area contributed by atoms with Crippen molar-refractivity contribution in [2.75, 3.05) is 6.54 Å². The highest BCUT2D eigenvalue weighted by Gasteiger charge is 2.26. The molecule has 0 aromatic rings. The second kappa shape index (κ2) is 7.41. The van der Waals surface area contributed by atoms with Crippen LogP contribution < -0.4 is 5.32 Å². The Kier molecular flexibility index (Phi) is 5.84. The summed E-state index contributed by atoms with van der Waals surface area (Å²) in [7, 11) is 0. The zero-order chi connectivity index (χ0) is 11.9. The molecule has 0 radical (unpaired) electrons. The topological polar surface area (TPSA) is 12.0 Å². The van der Waals surface area contributed by atoms with Gasteiger partial charge in [-0.3, -0.25) is 0 Å². The molecular weight excluding hydrogens is 206 g/mol. The van der Waals surface area contributed by atoms with Crippen molar-refractivity contribution >= 4 is 0 Å². The second-order valence-corrected chi connectivity index (χ2v) is 6.29. The molecule has 2 aliphatic rings. The molecule has 0 bridgehead atoms. The van der Waals surface area contributed by atoms with Crippen LogP contribution in [0, 0.1) is 11.8 Å². The van der Waals surface area contributed by atoms with Crippen LogP contribution in [-0.4, -0.2) is 12.6 Å². The summed E-state index contributed by atoms with van der Waals surface area (Å²) in [6.07, 6.45) is 16.4. The number of hydrogen-bond donors (Lipinski definition) is 1. The van der Waals surface area contributed by atoms with Gasteiger partial charge in [0, 0.05) is 6.04 Å². The van der Waals surface area contributed by atoms with Crippen molar-refractivity contribution in [3.8, 4) is 0 Å². The van der Waals surface area contributed by atoms with E-state index in [0.717, 1.165) is 24.4 Å². The molecule has 1 N–H and O–H groups in total. The van der Waals surface area contributed by atoms with Crippen LogP contribution in [0.3, 0.4) is 0 Å². The zero-order valence-corrected chi connectivity index (χ0v) is 11.7. The van der Waals surface area contributed by atoms with Gasteiger partial charge in [0.2, 0.25) is 0 Å². The molecule has 100 valence electrons. The van der Waals surface area contributed by atoms with Crippen molar-refractivity contribution < 1.29 is 0 Å². The molecule has 0 amide bonds. The standard InChI is InChI=1S/C16H31N/c1-2-17-16-12-8-7-11-15(13-16)14-9-5-3-4-6-10-14/h14-17H,2-13H2,1H3. The summed E-state index contributed by atoms with van der Waals surface area (Å²) < 4.78 is 0. The second-order valence-electron chi connectivity index (χ2n) is 6.29. The first kappa shape index (κ1) is 13.4. The van der Waals surface area contributed by atoms with Gasteiger partial charge in [-0.25, -0.2) is 0 Å². The average Bonchev–Trinajstić information content (AvgIpc) is 2.71. The zero-order valence-electron chi connectivity index (χ0n) is 11.7. The minimum Gasteiger partial charge on any atom is -0.314 e. The van der Waals surface area contributed by atoms with Gasteiger partial charge >= 0.3 is 0 Å². The lowest BCUT2D eigenvalue weighted by Crippen LogP contribution is -2.31. The van der Waals surface area contributed by atoms with E-state index in [1.165, 1.54) is 70.6 Å². The largest absolute Gasteiger partial charge is 0.314 e. The van der Waals surface area contributed by atoms with E-state index in [4.69, 9.17) is 0 Å². The summed E-state index contributed by atoms with van der Waals surface area (Å²) >= 11 is 0. The molecule has 17 heavy (non-hydrogen) atoms. The number of rotatable bonds is 3. The maximum atomic E-state index is 3.71. The highest BCUT2D eigenvalue weighted by atomic mass is 14.9. The third-order valence-electron chi connectivity index (χ3n) is 5.02. The van der Waals surface area contributed by atoms with Crippen LogP contribution in [-0.2, 0) is 0 Å². The molecular formula is C16H31N. The summed E-state index contributed by atoms with van der Waals surface area (Å²) in [5.41, 5.74) is 0. The quantitative estimate of drug-likeness (QED) is 0.712. The van der Waals surface area contributed by atoms with Gasteiger partial charge in [-0.15, -0.1) is 0 Å². The van der Waals surface area contributed by atoms with E-state index in [1.807, 2.05) is 0 Å². The van der Waals surface area contributed by atoms with Crippen LogP contribution in [0.25, 0.3) is 0 Å². The van der Waals surface area contributed by atoms with E-state index >= 15 is 0 Å². The summed E-state index contributed by atoms with van der Waals surface area (Å²) in [6.45, 7) is 3.41. The van der Waals surface area contributed by atoms with Crippen LogP contribution >= 0.6 is 0 Å². The van der Waals surface area contributed by atoms with Crippen LogP contribution in [0.15, 0.2) is 0 Å². The van der Waals surface area contributed by atoms with Crippen molar-refractivity contribution in [2.45, 2.75) is 83.6 Å². The van der Waals surface area contributed by atoms with Gasteiger partial charge in [0.25, 0.3) is 0 Å². The monoisotopic (exact) mass is 237 g/mol. The lowest BCUT2D eigenvalue weighted by atomic mass is 9.80. The average molecular weight is 237 g/mol. The molecule has 2 rings (SSSR count). The van der Waals surface area contributed by atoms with E-state index in [2.05, 4.69) is 12.2 Å². The smallest absolute Gasteiger partial charge is 0.00696 e. The Balaban J connectivity index is 1.87. The first-order valence-corrected chi connectivity index (χ1v) is 8.13. The molecule has 2 unspecified atom stereocenters. The van der Waals surface area contributed by atoms with Crippen molar-refractivity contribution in [1.29, 1.82) is 0 Å². The highest BCUT2D eigenvalue weighted by molar-refractivity contribution is 4.81. The van der Waals surface area contributed by atoms with Gasteiger partial charge in [0.05, 0.1) is 0 Å². The van der Waals surface area contributed by atoms with Crippen molar-refractivity contribution in [1.82, 2.24) is 5.32 Å². The summed E-state index contributed by atoms with van der Waals surface area (Å²) in [4.78, 5) is 0. The molecule has 1 heteroatoms. The molecule has 1 nitrogen and oxygen atoms in total.